The van der Waals surface area contributed by atoms with Crippen LogP contribution in [0, 0.1) is 0 Å². The van der Waals surface area contributed by atoms with Crippen LogP contribution in [0.2, 0.25) is 5.02 Å². The van der Waals surface area contributed by atoms with Gasteiger partial charge in [-0.2, -0.15) is 0 Å². The molecule has 0 amide bonds. The maximum atomic E-state index is 6.32. The zero-order valence-corrected chi connectivity index (χ0v) is 15.5. The van der Waals surface area contributed by atoms with Gasteiger partial charge in [0.15, 0.2) is 5.96 Å². The molecule has 0 saturated carbocycles. The van der Waals surface area contributed by atoms with Crippen molar-refractivity contribution in [2.24, 2.45) is 4.99 Å². The number of nitrogens with zero attached hydrogens (tertiary/aromatic N) is 1. The van der Waals surface area contributed by atoms with Gasteiger partial charge in [0.1, 0.15) is 0 Å². The largest absolute Gasteiger partial charge is 0.382 e. The molecule has 0 aromatic heterocycles. The van der Waals surface area contributed by atoms with Crippen LogP contribution in [0.25, 0.3) is 0 Å². The first-order chi connectivity index (χ1) is 11.0. The molecule has 0 aliphatic rings. The Bertz CT molecular complexity index is 489. The zero-order valence-electron chi connectivity index (χ0n) is 14.8. The number of halogens is 1. The fourth-order valence-electron chi connectivity index (χ4n) is 2.31. The molecule has 5 heteroatoms. The Morgan fingerprint density at radius 1 is 1.22 bits per heavy atom. The van der Waals surface area contributed by atoms with E-state index in [2.05, 4.69) is 35.5 Å². The van der Waals surface area contributed by atoms with Crippen LogP contribution in [0.15, 0.2) is 29.3 Å². The second-order valence-electron chi connectivity index (χ2n) is 6.12. The van der Waals surface area contributed by atoms with Crippen molar-refractivity contribution in [3.8, 4) is 0 Å². The van der Waals surface area contributed by atoms with Gasteiger partial charge in [0, 0.05) is 43.8 Å². The van der Waals surface area contributed by atoms with Gasteiger partial charge >= 0.3 is 0 Å². The van der Waals surface area contributed by atoms with Crippen LogP contribution in [0.4, 0.5) is 0 Å². The standard InChI is InChI=1S/C18H30ClN3O/c1-5-23-13-9-8-12-21-17(20-4)22-14-18(2,3)15-10-6-7-11-16(15)19/h6-7,10-11H,5,8-9,12-14H2,1-4H3,(H2,20,21,22). The smallest absolute Gasteiger partial charge is 0.191 e. The molecule has 130 valence electrons. The summed E-state index contributed by atoms with van der Waals surface area (Å²) in [6, 6.07) is 7.99. The maximum Gasteiger partial charge on any atom is 0.191 e. The van der Waals surface area contributed by atoms with Crippen molar-refractivity contribution in [3.63, 3.8) is 0 Å². The SMILES string of the molecule is CCOCCCCNC(=NC)NCC(C)(C)c1ccccc1Cl. The summed E-state index contributed by atoms with van der Waals surface area (Å²) >= 11 is 6.32. The average molecular weight is 340 g/mol. The lowest BCUT2D eigenvalue weighted by Crippen LogP contribution is -2.43. The van der Waals surface area contributed by atoms with E-state index >= 15 is 0 Å². The molecule has 0 atom stereocenters. The van der Waals surface area contributed by atoms with Crippen LogP contribution in [0.3, 0.4) is 0 Å². The minimum Gasteiger partial charge on any atom is -0.382 e. The molecule has 0 fully saturated rings. The Hall–Kier alpha value is -1.26. The molecule has 0 radical (unpaired) electrons. The number of unbranched alkanes of at least 4 members (excludes halogenated alkanes) is 1. The van der Waals surface area contributed by atoms with Crippen LogP contribution >= 0.6 is 11.6 Å². The van der Waals surface area contributed by atoms with Crippen LogP contribution in [0.1, 0.15) is 39.2 Å². The summed E-state index contributed by atoms with van der Waals surface area (Å²) < 4.78 is 5.33. The summed E-state index contributed by atoms with van der Waals surface area (Å²) in [6.45, 7) is 9.63. The van der Waals surface area contributed by atoms with Gasteiger partial charge in [-0.25, -0.2) is 0 Å². The van der Waals surface area contributed by atoms with E-state index in [-0.39, 0.29) is 5.41 Å². The van der Waals surface area contributed by atoms with Gasteiger partial charge < -0.3 is 15.4 Å². The summed E-state index contributed by atoms with van der Waals surface area (Å²) in [5.41, 5.74) is 1.06. The van der Waals surface area contributed by atoms with E-state index in [1.54, 1.807) is 7.05 Å². The highest BCUT2D eigenvalue weighted by atomic mass is 35.5. The predicted octanol–water partition coefficient (Wildman–Crippen LogP) is 3.60. The Labute approximate surface area is 145 Å². The molecule has 1 rings (SSSR count). The van der Waals surface area contributed by atoms with Crippen molar-refractivity contribution in [1.29, 1.82) is 0 Å². The third-order valence-corrected chi connectivity index (χ3v) is 4.07. The lowest BCUT2D eigenvalue weighted by Gasteiger charge is -2.27. The van der Waals surface area contributed by atoms with Gasteiger partial charge in [-0.1, -0.05) is 43.6 Å². The first kappa shape index (κ1) is 19.8. The summed E-state index contributed by atoms with van der Waals surface area (Å²) in [6.07, 6.45) is 2.12. The summed E-state index contributed by atoms with van der Waals surface area (Å²) in [4.78, 5) is 4.27. The van der Waals surface area contributed by atoms with E-state index in [0.717, 1.165) is 55.7 Å². The molecule has 0 spiro atoms. The highest BCUT2D eigenvalue weighted by Gasteiger charge is 2.23. The van der Waals surface area contributed by atoms with Gasteiger partial charge in [-0.05, 0) is 31.4 Å². The molecule has 2 N–H and O–H groups in total. The third kappa shape index (κ3) is 7.23. The molecule has 0 unspecified atom stereocenters. The molecular formula is C18H30ClN3O. The Balaban J connectivity index is 2.40. The number of aliphatic imine (C=N–C) groups is 1. The monoisotopic (exact) mass is 339 g/mol. The predicted molar refractivity (Wildman–Crippen MR) is 99.6 cm³/mol. The number of nitrogens with one attached hydrogen (secondary N) is 2. The second-order valence-corrected chi connectivity index (χ2v) is 6.53. The first-order valence-corrected chi connectivity index (χ1v) is 8.66. The van der Waals surface area contributed by atoms with E-state index < -0.39 is 0 Å². The van der Waals surface area contributed by atoms with E-state index in [1.807, 2.05) is 25.1 Å². The van der Waals surface area contributed by atoms with Gasteiger partial charge in [0.2, 0.25) is 0 Å². The molecule has 1 aromatic rings. The van der Waals surface area contributed by atoms with E-state index in [1.165, 1.54) is 0 Å². The molecule has 0 aliphatic carbocycles. The highest BCUT2D eigenvalue weighted by molar-refractivity contribution is 6.31. The quantitative estimate of drug-likeness (QED) is 0.410. The molecule has 1 aromatic carbocycles. The fraction of sp³-hybridized carbons (Fsp3) is 0.611. The molecule has 0 heterocycles. The Morgan fingerprint density at radius 3 is 2.61 bits per heavy atom. The van der Waals surface area contributed by atoms with E-state index in [0.29, 0.717) is 0 Å². The number of hydrogen-bond donors (Lipinski definition) is 2. The van der Waals surface area contributed by atoms with Gasteiger partial charge in [-0.3, -0.25) is 4.99 Å². The first-order valence-electron chi connectivity index (χ1n) is 8.28. The Morgan fingerprint density at radius 2 is 1.96 bits per heavy atom. The number of ether oxygens (including phenoxy) is 1. The number of rotatable bonds is 9. The maximum absolute atomic E-state index is 6.32. The fourth-order valence-corrected chi connectivity index (χ4v) is 2.70. The Kier molecular flexibility index (Phi) is 9.03. The van der Waals surface area contributed by atoms with Crippen LogP contribution in [0.5, 0.6) is 0 Å². The van der Waals surface area contributed by atoms with Crippen molar-refractivity contribution in [2.75, 3.05) is 33.4 Å². The molecule has 23 heavy (non-hydrogen) atoms. The van der Waals surface area contributed by atoms with Crippen molar-refractivity contribution in [2.45, 2.75) is 39.0 Å². The van der Waals surface area contributed by atoms with Crippen molar-refractivity contribution >= 4 is 17.6 Å². The molecular weight excluding hydrogens is 310 g/mol. The van der Waals surface area contributed by atoms with Gasteiger partial charge in [-0.15, -0.1) is 0 Å². The number of benzene rings is 1. The van der Waals surface area contributed by atoms with Gasteiger partial charge in [0.05, 0.1) is 0 Å². The van der Waals surface area contributed by atoms with Crippen molar-refractivity contribution < 1.29 is 4.74 Å². The van der Waals surface area contributed by atoms with Gasteiger partial charge in [0.25, 0.3) is 0 Å². The highest BCUT2D eigenvalue weighted by Crippen LogP contribution is 2.28. The van der Waals surface area contributed by atoms with Crippen molar-refractivity contribution in [3.05, 3.63) is 34.9 Å². The molecule has 4 nitrogen and oxygen atoms in total. The van der Waals surface area contributed by atoms with Crippen LogP contribution < -0.4 is 10.6 Å². The summed E-state index contributed by atoms with van der Waals surface area (Å²) in [5, 5.41) is 7.53. The number of guanidine groups is 1. The minimum atomic E-state index is -0.0784. The average Bonchev–Trinajstić information content (AvgIpc) is 2.53. The third-order valence-electron chi connectivity index (χ3n) is 3.74. The van der Waals surface area contributed by atoms with Crippen LogP contribution in [-0.4, -0.2) is 39.3 Å². The summed E-state index contributed by atoms with van der Waals surface area (Å²) in [7, 11) is 1.79. The normalized spacial score (nSPS) is 12.3. The van der Waals surface area contributed by atoms with Crippen LogP contribution in [-0.2, 0) is 10.2 Å². The molecule has 0 saturated heterocycles. The lowest BCUT2D eigenvalue weighted by molar-refractivity contribution is 0.143. The topological polar surface area (TPSA) is 45.6 Å². The molecule has 0 aliphatic heterocycles. The summed E-state index contributed by atoms with van der Waals surface area (Å²) in [5.74, 6) is 0.821. The minimum absolute atomic E-state index is 0.0784. The van der Waals surface area contributed by atoms with Crippen molar-refractivity contribution in [1.82, 2.24) is 10.6 Å². The van der Waals surface area contributed by atoms with E-state index in [9.17, 15) is 0 Å². The van der Waals surface area contributed by atoms with E-state index in [4.69, 9.17) is 16.3 Å². The number of hydrogen-bond acceptors (Lipinski definition) is 2. The second kappa shape index (κ2) is 10.5. The lowest BCUT2D eigenvalue weighted by atomic mass is 9.84. The zero-order chi connectivity index (χ0) is 17.1. The molecule has 0 bridgehead atoms.